The molecule has 0 aromatic heterocycles. The molecule has 1 fully saturated rings. The van der Waals surface area contributed by atoms with Gasteiger partial charge in [0, 0.05) is 18.6 Å². The van der Waals surface area contributed by atoms with Crippen LogP contribution in [0.25, 0.3) is 0 Å². The lowest BCUT2D eigenvalue weighted by molar-refractivity contribution is -0.110. The van der Waals surface area contributed by atoms with E-state index in [0.29, 0.717) is 12.1 Å². The van der Waals surface area contributed by atoms with E-state index in [1.54, 1.807) is 0 Å². The summed E-state index contributed by atoms with van der Waals surface area (Å²) < 4.78 is 0. The zero-order valence-electron chi connectivity index (χ0n) is 7.21. The molecule has 1 rings (SSSR count). The van der Waals surface area contributed by atoms with Gasteiger partial charge in [0.25, 0.3) is 0 Å². The van der Waals surface area contributed by atoms with Crippen LogP contribution in [0.2, 0.25) is 0 Å². The molecule has 0 aliphatic carbocycles. The third kappa shape index (κ3) is 2.19. The Morgan fingerprint density at radius 2 is 2.36 bits per heavy atom. The fourth-order valence-corrected chi connectivity index (χ4v) is 1.54. The van der Waals surface area contributed by atoms with Crippen molar-refractivity contribution in [3.05, 3.63) is 0 Å². The summed E-state index contributed by atoms with van der Waals surface area (Å²) in [6.45, 7) is 3.28. The minimum absolute atomic E-state index is 0.402. The van der Waals surface area contributed by atoms with Gasteiger partial charge < -0.3 is 10.2 Å². The first-order chi connectivity index (χ1) is 5.24. The summed E-state index contributed by atoms with van der Waals surface area (Å²) in [6, 6.07) is 1.000. The number of likely N-dealkylation sites (tertiary alicyclic amines) is 1. The van der Waals surface area contributed by atoms with Gasteiger partial charge in [-0.05, 0) is 26.8 Å². The third-order valence-electron chi connectivity index (χ3n) is 2.51. The lowest BCUT2D eigenvalue weighted by Crippen LogP contribution is -2.45. The van der Waals surface area contributed by atoms with Crippen molar-refractivity contribution in [2.75, 3.05) is 13.6 Å². The van der Waals surface area contributed by atoms with Gasteiger partial charge in [0.2, 0.25) is 6.41 Å². The van der Waals surface area contributed by atoms with E-state index in [1.807, 2.05) is 0 Å². The molecule has 64 valence electrons. The molecular formula is C8H16N2O. The predicted octanol–water partition coefficient (Wildman–Crippen LogP) is 0.215. The number of nitrogens with one attached hydrogen (secondary N) is 1. The van der Waals surface area contributed by atoms with E-state index < -0.39 is 0 Å². The second kappa shape index (κ2) is 3.72. The molecule has 0 bridgehead atoms. The topological polar surface area (TPSA) is 32.3 Å². The van der Waals surface area contributed by atoms with E-state index in [4.69, 9.17) is 0 Å². The van der Waals surface area contributed by atoms with Gasteiger partial charge in [-0.1, -0.05) is 0 Å². The number of nitrogens with zero attached hydrogens (tertiary/aromatic N) is 1. The maximum absolute atomic E-state index is 10.1. The van der Waals surface area contributed by atoms with Crippen LogP contribution in [0.1, 0.15) is 19.8 Å². The molecule has 1 saturated heterocycles. The van der Waals surface area contributed by atoms with E-state index in [0.717, 1.165) is 25.8 Å². The van der Waals surface area contributed by atoms with E-state index in [-0.39, 0.29) is 0 Å². The summed E-state index contributed by atoms with van der Waals surface area (Å²) >= 11 is 0. The van der Waals surface area contributed by atoms with Crippen molar-refractivity contribution in [2.24, 2.45) is 0 Å². The number of carbonyl (C=O) groups is 1. The summed E-state index contributed by atoms with van der Waals surface area (Å²) in [7, 11) is 2.13. The average molecular weight is 156 g/mol. The Kier molecular flexibility index (Phi) is 2.88. The Balaban J connectivity index is 2.33. The molecule has 0 radical (unpaired) electrons. The molecule has 0 spiro atoms. The van der Waals surface area contributed by atoms with Crippen LogP contribution in [0.4, 0.5) is 0 Å². The van der Waals surface area contributed by atoms with E-state index in [2.05, 4.69) is 24.2 Å². The fraction of sp³-hybridized carbons (Fsp3) is 0.875. The molecule has 3 nitrogen and oxygen atoms in total. The highest BCUT2D eigenvalue weighted by Gasteiger charge is 2.21. The number of hydrogen-bond donors (Lipinski definition) is 1. The molecule has 1 aliphatic rings. The molecule has 2 atom stereocenters. The average Bonchev–Trinajstić information content (AvgIpc) is 1.98. The first-order valence-corrected chi connectivity index (χ1v) is 4.14. The zero-order chi connectivity index (χ0) is 8.27. The minimum atomic E-state index is 0.402. The van der Waals surface area contributed by atoms with Gasteiger partial charge >= 0.3 is 0 Å². The third-order valence-corrected chi connectivity index (χ3v) is 2.51. The highest BCUT2D eigenvalue weighted by Crippen LogP contribution is 2.14. The largest absolute Gasteiger partial charge is 0.356 e. The molecule has 1 aliphatic heterocycles. The zero-order valence-corrected chi connectivity index (χ0v) is 7.21. The molecule has 1 amide bonds. The summed E-state index contributed by atoms with van der Waals surface area (Å²) in [5.74, 6) is 0. The normalized spacial score (nSPS) is 33.3. The first kappa shape index (κ1) is 8.53. The lowest BCUT2D eigenvalue weighted by Gasteiger charge is -2.34. The quantitative estimate of drug-likeness (QED) is 0.580. The van der Waals surface area contributed by atoms with Gasteiger partial charge in [-0.15, -0.1) is 0 Å². The summed E-state index contributed by atoms with van der Waals surface area (Å²) in [4.78, 5) is 12.5. The maximum atomic E-state index is 10.1. The predicted molar refractivity (Wildman–Crippen MR) is 44.3 cm³/mol. The number of amides is 1. The Morgan fingerprint density at radius 1 is 1.64 bits per heavy atom. The van der Waals surface area contributed by atoms with E-state index in [1.165, 1.54) is 0 Å². The second-order valence-electron chi connectivity index (χ2n) is 3.34. The van der Waals surface area contributed by atoms with Gasteiger partial charge in [-0.2, -0.15) is 0 Å². The van der Waals surface area contributed by atoms with Crippen LogP contribution >= 0.6 is 0 Å². The number of hydrogen-bond acceptors (Lipinski definition) is 2. The molecule has 0 aromatic carbocycles. The van der Waals surface area contributed by atoms with Crippen LogP contribution in [0.15, 0.2) is 0 Å². The van der Waals surface area contributed by atoms with Gasteiger partial charge in [0.1, 0.15) is 0 Å². The molecular weight excluding hydrogens is 140 g/mol. The maximum Gasteiger partial charge on any atom is 0.207 e. The van der Waals surface area contributed by atoms with Gasteiger partial charge in [-0.3, -0.25) is 4.79 Å². The Labute approximate surface area is 67.8 Å². The van der Waals surface area contributed by atoms with Gasteiger partial charge in [-0.25, -0.2) is 0 Å². The van der Waals surface area contributed by atoms with Gasteiger partial charge in [0.15, 0.2) is 0 Å². The molecule has 2 unspecified atom stereocenters. The number of rotatable bonds is 2. The standard InChI is InChI=1S/C8H16N2O/c1-7-5-8(9-6-11)3-4-10(7)2/h6-8H,3-5H2,1-2H3,(H,9,11). The Morgan fingerprint density at radius 3 is 2.91 bits per heavy atom. The molecule has 3 heteroatoms. The van der Waals surface area contributed by atoms with Crippen LogP contribution in [0, 0.1) is 0 Å². The highest BCUT2D eigenvalue weighted by atomic mass is 16.1. The first-order valence-electron chi connectivity index (χ1n) is 4.14. The van der Waals surface area contributed by atoms with Crippen LogP contribution in [0.3, 0.4) is 0 Å². The van der Waals surface area contributed by atoms with Crippen molar-refractivity contribution < 1.29 is 4.79 Å². The van der Waals surface area contributed by atoms with Crippen LogP contribution in [-0.2, 0) is 4.79 Å². The van der Waals surface area contributed by atoms with Crippen molar-refractivity contribution in [1.82, 2.24) is 10.2 Å². The van der Waals surface area contributed by atoms with Crippen LogP contribution < -0.4 is 5.32 Å². The smallest absolute Gasteiger partial charge is 0.207 e. The minimum Gasteiger partial charge on any atom is -0.356 e. The Hall–Kier alpha value is -0.570. The van der Waals surface area contributed by atoms with E-state index in [9.17, 15) is 4.79 Å². The van der Waals surface area contributed by atoms with Crippen molar-refractivity contribution in [2.45, 2.75) is 31.8 Å². The van der Waals surface area contributed by atoms with Crippen LogP contribution in [-0.4, -0.2) is 37.0 Å². The molecule has 0 aromatic rings. The van der Waals surface area contributed by atoms with Crippen molar-refractivity contribution >= 4 is 6.41 Å². The molecule has 11 heavy (non-hydrogen) atoms. The van der Waals surface area contributed by atoms with E-state index >= 15 is 0 Å². The summed E-state index contributed by atoms with van der Waals surface area (Å²) in [5, 5.41) is 2.83. The fourth-order valence-electron chi connectivity index (χ4n) is 1.54. The number of carbonyl (C=O) groups excluding carboxylic acids is 1. The summed E-state index contributed by atoms with van der Waals surface area (Å²) in [5.41, 5.74) is 0. The molecule has 1 heterocycles. The van der Waals surface area contributed by atoms with Crippen molar-refractivity contribution in [1.29, 1.82) is 0 Å². The van der Waals surface area contributed by atoms with Gasteiger partial charge in [0.05, 0.1) is 0 Å². The second-order valence-corrected chi connectivity index (χ2v) is 3.34. The molecule has 0 saturated carbocycles. The lowest BCUT2D eigenvalue weighted by atomic mass is 9.99. The van der Waals surface area contributed by atoms with Crippen LogP contribution in [0.5, 0.6) is 0 Å². The number of piperidine rings is 1. The monoisotopic (exact) mass is 156 g/mol. The molecule has 1 N–H and O–H groups in total. The SMILES string of the molecule is CC1CC(NC=O)CCN1C. The van der Waals surface area contributed by atoms with Crippen molar-refractivity contribution in [3.8, 4) is 0 Å². The summed E-state index contributed by atoms with van der Waals surface area (Å²) in [6.07, 6.45) is 2.97. The Bertz CT molecular complexity index is 138. The van der Waals surface area contributed by atoms with Crippen molar-refractivity contribution in [3.63, 3.8) is 0 Å². The highest BCUT2D eigenvalue weighted by molar-refractivity contribution is 5.46.